The quantitative estimate of drug-likeness (QED) is 0.349. The second-order valence-corrected chi connectivity index (χ2v) is 9.15. The molecule has 4 N–H and O–H groups in total. The van der Waals surface area contributed by atoms with Gasteiger partial charge in [-0.05, 0) is 38.1 Å². The number of carboxylic acid groups (broad SMARTS) is 4. The number of anilines is 2. The zero-order valence-corrected chi connectivity index (χ0v) is 21.1. The van der Waals surface area contributed by atoms with Crippen molar-refractivity contribution in [2.24, 2.45) is 0 Å². The number of benzene rings is 2. The van der Waals surface area contributed by atoms with Crippen LogP contribution >= 0.6 is 0 Å². The van der Waals surface area contributed by atoms with Crippen molar-refractivity contribution in [3.8, 4) is 11.5 Å². The maximum absolute atomic E-state index is 11.5. The number of rotatable bonds is 10. The van der Waals surface area contributed by atoms with Gasteiger partial charge in [-0.25, -0.2) is 0 Å². The number of ether oxygens (including phenoxy) is 2. The van der Waals surface area contributed by atoms with Crippen LogP contribution < -0.4 is 19.3 Å². The first-order valence-corrected chi connectivity index (χ1v) is 11.8. The maximum atomic E-state index is 11.5. The molecule has 12 nitrogen and oxygen atoms in total. The summed E-state index contributed by atoms with van der Waals surface area (Å²) in [7, 11) is 0. The highest BCUT2D eigenvalue weighted by Crippen LogP contribution is 2.50. The molecule has 2 heterocycles. The van der Waals surface area contributed by atoms with Crippen molar-refractivity contribution in [2.45, 2.75) is 19.6 Å². The standard InChI is InChI=1S/C27H26N2O10/c1-15-9-17-5-3-7-19(28(11-21(30)31)12-22(32)33)25(17)38-27(15)16(2)10-18-6-4-8-20(26(18)39-27)29(13-23(34)35)14-24(36)37/h3-10H,11-14H2,1-2H3,(H,30,31)(H,32,33)(H,34,35)(H,36,37). The van der Waals surface area contributed by atoms with Gasteiger partial charge < -0.3 is 39.7 Å². The van der Waals surface area contributed by atoms with Crippen molar-refractivity contribution < 1.29 is 49.1 Å². The van der Waals surface area contributed by atoms with Gasteiger partial charge in [-0.1, -0.05) is 24.3 Å². The first-order chi connectivity index (χ1) is 18.4. The van der Waals surface area contributed by atoms with Crippen molar-refractivity contribution in [2.75, 3.05) is 36.0 Å². The Bertz CT molecular complexity index is 1290. The molecule has 0 saturated carbocycles. The van der Waals surface area contributed by atoms with Gasteiger partial charge in [0, 0.05) is 22.3 Å². The van der Waals surface area contributed by atoms with E-state index in [0.717, 1.165) is 9.80 Å². The fraction of sp³-hybridized carbons (Fsp3) is 0.259. The minimum Gasteiger partial charge on any atom is -0.480 e. The molecule has 0 radical (unpaired) electrons. The van der Waals surface area contributed by atoms with Crippen molar-refractivity contribution in [1.82, 2.24) is 0 Å². The summed E-state index contributed by atoms with van der Waals surface area (Å²) in [5.41, 5.74) is 2.82. The maximum Gasteiger partial charge on any atom is 0.323 e. The Morgan fingerprint density at radius 1 is 0.641 bits per heavy atom. The summed E-state index contributed by atoms with van der Waals surface area (Å²) in [5, 5.41) is 37.6. The van der Waals surface area contributed by atoms with E-state index in [-0.39, 0.29) is 22.9 Å². The van der Waals surface area contributed by atoms with Crippen LogP contribution in [-0.2, 0) is 19.2 Å². The average molecular weight is 539 g/mol. The molecule has 0 unspecified atom stereocenters. The number of para-hydroxylation sites is 2. The zero-order valence-electron chi connectivity index (χ0n) is 21.1. The van der Waals surface area contributed by atoms with Crippen molar-refractivity contribution >= 4 is 47.4 Å². The molecule has 39 heavy (non-hydrogen) atoms. The van der Waals surface area contributed by atoms with Crippen LogP contribution in [0.2, 0.25) is 0 Å². The molecule has 0 amide bonds. The number of hydrogen-bond acceptors (Lipinski definition) is 8. The van der Waals surface area contributed by atoms with Crippen LogP contribution in [0.4, 0.5) is 11.4 Å². The molecule has 0 aliphatic carbocycles. The lowest BCUT2D eigenvalue weighted by Crippen LogP contribution is -2.48. The summed E-state index contributed by atoms with van der Waals surface area (Å²) in [5.74, 6) is -6.07. The van der Waals surface area contributed by atoms with Gasteiger partial charge in [-0.2, -0.15) is 0 Å². The smallest absolute Gasteiger partial charge is 0.323 e. The van der Waals surface area contributed by atoms with E-state index in [9.17, 15) is 39.6 Å². The number of hydrogen-bond donors (Lipinski definition) is 4. The predicted octanol–water partition coefficient (Wildman–Crippen LogP) is 2.63. The number of nitrogens with zero attached hydrogens (tertiary/aromatic N) is 2. The second kappa shape index (κ2) is 10.4. The van der Waals surface area contributed by atoms with Crippen molar-refractivity contribution in [3.05, 3.63) is 58.7 Å². The minimum absolute atomic E-state index is 0.201. The van der Waals surface area contributed by atoms with Gasteiger partial charge in [0.05, 0.1) is 11.4 Å². The largest absolute Gasteiger partial charge is 0.480 e. The molecule has 0 saturated heterocycles. The Kier molecular flexibility index (Phi) is 7.21. The van der Waals surface area contributed by atoms with Crippen LogP contribution in [0.25, 0.3) is 12.2 Å². The van der Waals surface area contributed by atoms with E-state index in [2.05, 4.69) is 0 Å². The van der Waals surface area contributed by atoms with Gasteiger partial charge in [0.25, 0.3) is 5.79 Å². The summed E-state index contributed by atoms with van der Waals surface area (Å²) < 4.78 is 13.0. The molecule has 0 atom stereocenters. The first kappa shape index (κ1) is 27.0. The molecule has 204 valence electrons. The van der Waals surface area contributed by atoms with Gasteiger partial charge >= 0.3 is 23.9 Å². The molecular formula is C27H26N2O10. The minimum atomic E-state index is -1.55. The molecule has 2 aliphatic heterocycles. The summed E-state index contributed by atoms with van der Waals surface area (Å²) >= 11 is 0. The molecule has 2 aromatic carbocycles. The normalized spacial score (nSPS) is 14.5. The Labute approximate surface area is 222 Å². The van der Waals surface area contributed by atoms with E-state index in [0.29, 0.717) is 22.3 Å². The lowest BCUT2D eigenvalue weighted by atomic mass is 9.90. The van der Waals surface area contributed by atoms with Gasteiger partial charge in [0.1, 0.15) is 26.2 Å². The number of carbonyl (C=O) groups is 4. The Hall–Kier alpha value is -5.00. The van der Waals surface area contributed by atoms with Gasteiger partial charge in [-0.15, -0.1) is 0 Å². The molecule has 0 aromatic heterocycles. The highest BCUT2D eigenvalue weighted by atomic mass is 16.7. The van der Waals surface area contributed by atoms with Crippen molar-refractivity contribution in [1.29, 1.82) is 0 Å². The number of carboxylic acids is 4. The molecule has 4 rings (SSSR count). The fourth-order valence-corrected chi connectivity index (χ4v) is 4.74. The van der Waals surface area contributed by atoms with E-state index in [4.69, 9.17) is 9.47 Å². The summed E-state index contributed by atoms with van der Waals surface area (Å²) in [6.07, 6.45) is 3.55. The SMILES string of the molecule is CC1=Cc2cccc(N(CC(=O)O)CC(=O)O)c2OC12Oc1c(cccc1N(CC(=O)O)CC(=O)O)C=C2C. The van der Waals surface area contributed by atoms with Crippen LogP contribution in [0.15, 0.2) is 47.5 Å². The molecule has 0 bridgehead atoms. The number of aliphatic carboxylic acids is 4. The zero-order chi connectivity index (χ0) is 28.5. The van der Waals surface area contributed by atoms with E-state index in [1.54, 1.807) is 62.4 Å². The van der Waals surface area contributed by atoms with Crippen molar-refractivity contribution in [3.63, 3.8) is 0 Å². The Morgan fingerprint density at radius 3 is 1.28 bits per heavy atom. The number of fused-ring (bicyclic) bond motifs is 2. The fourth-order valence-electron chi connectivity index (χ4n) is 4.74. The van der Waals surface area contributed by atoms with E-state index < -0.39 is 55.8 Å². The summed E-state index contributed by atoms with van der Waals surface area (Å²) in [6.45, 7) is 1.15. The molecule has 0 fully saturated rings. The summed E-state index contributed by atoms with van der Waals surface area (Å²) in [4.78, 5) is 48.4. The Balaban J connectivity index is 1.83. The van der Waals surface area contributed by atoms with Crippen LogP contribution in [0.5, 0.6) is 11.5 Å². The lowest BCUT2D eigenvalue weighted by molar-refractivity contribution is -0.138. The van der Waals surface area contributed by atoms with Gasteiger partial charge in [0.2, 0.25) is 0 Å². The molecule has 1 spiro atoms. The highest BCUT2D eigenvalue weighted by Gasteiger charge is 2.46. The van der Waals surface area contributed by atoms with Crippen LogP contribution in [-0.4, -0.2) is 76.3 Å². The van der Waals surface area contributed by atoms with E-state index in [1.807, 2.05) is 0 Å². The molecule has 12 heteroatoms. The van der Waals surface area contributed by atoms with E-state index >= 15 is 0 Å². The van der Waals surface area contributed by atoms with Gasteiger partial charge in [0.15, 0.2) is 11.5 Å². The van der Waals surface area contributed by atoms with Gasteiger partial charge in [-0.3, -0.25) is 19.2 Å². The molecule has 2 aromatic rings. The van der Waals surface area contributed by atoms with Crippen LogP contribution in [0.3, 0.4) is 0 Å². The third-order valence-corrected chi connectivity index (χ3v) is 6.31. The molecular weight excluding hydrogens is 512 g/mol. The van der Waals surface area contributed by atoms with E-state index in [1.165, 1.54) is 0 Å². The first-order valence-electron chi connectivity index (χ1n) is 11.8. The highest BCUT2D eigenvalue weighted by molar-refractivity contribution is 5.86. The third-order valence-electron chi connectivity index (χ3n) is 6.31. The Morgan fingerprint density at radius 2 is 0.974 bits per heavy atom. The average Bonchev–Trinajstić information content (AvgIpc) is 2.82. The third kappa shape index (κ3) is 5.35. The predicted molar refractivity (Wildman–Crippen MR) is 139 cm³/mol. The topological polar surface area (TPSA) is 174 Å². The van der Waals surface area contributed by atoms with Crippen LogP contribution in [0, 0.1) is 0 Å². The lowest BCUT2D eigenvalue weighted by Gasteiger charge is -2.43. The van der Waals surface area contributed by atoms with Crippen LogP contribution in [0.1, 0.15) is 25.0 Å². The monoisotopic (exact) mass is 538 g/mol. The summed E-state index contributed by atoms with van der Waals surface area (Å²) in [6, 6.07) is 9.88. The second-order valence-electron chi connectivity index (χ2n) is 9.15. The molecule has 2 aliphatic rings.